The van der Waals surface area contributed by atoms with E-state index < -0.39 is 21.8 Å². The van der Waals surface area contributed by atoms with E-state index in [1.807, 2.05) is 0 Å². The molecule has 0 heterocycles. The minimum absolute atomic E-state index is 0.00241. The van der Waals surface area contributed by atoms with Gasteiger partial charge in [-0.15, -0.1) is 0 Å². The number of sulfonamides is 1. The molecular weight excluding hydrogens is 361 g/mol. The van der Waals surface area contributed by atoms with E-state index in [0.29, 0.717) is 0 Å². The highest BCUT2D eigenvalue weighted by molar-refractivity contribution is 7.89. The summed E-state index contributed by atoms with van der Waals surface area (Å²) in [7, 11) is -2.35. The van der Waals surface area contributed by atoms with Crippen LogP contribution in [0.3, 0.4) is 0 Å². The number of rotatable bonds is 8. The summed E-state index contributed by atoms with van der Waals surface area (Å²) in [5, 5.41) is 0. The molecule has 8 heteroatoms. The molecule has 26 heavy (non-hydrogen) atoms. The molecule has 0 atom stereocenters. The molecule has 140 valence electrons. The molecule has 0 saturated carbocycles. The van der Waals surface area contributed by atoms with Crippen LogP contribution in [0, 0.1) is 5.82 Å². The summed E-state index contributed by atoms with van der Waals surface area (Å²) in [5.74, 6) is -0.951. The van der Waals surface area contributed by atoms with Crippen molar-refractivity contribution in [2.24, 2.45) is 0 Å². The Morgan fingerprint density at radius 1 is 1.12 bits per heavy atom. The van der Waals surface area contributed by atoms with Crippen LogP contribution in [-0.4, -0.2) is 45.5 Å². The van der Waals surface area contributed by atoms with Crippen LogP contribution >= 0.6 is 0 Å². The number of hydrogen-bond acceptors (Lipinski definition) is 5. The van der Waals surface area contributed by atoms with E-state index in [4.69, 9.17) is 9.47 Å². The van der Waals surface area contributed by atoms with Crippen molar-refractivity contribution >= 4 is 16.0 Å². The number of ether oxygens (including phenoxy) is 2. The summed E-state index contributed by atoms with van der Waals surface area (Å²) in [5.41, 5.74) is 0.274. The maximum atomic E-state index is 13.5. The van der Waals surface area contributed by atoms with Gasteiger partial charge in [0.25, 0.3) is 0 Å². The van der Waals surface area contributed by atoms with Crippen molar-refractivity contribution in [2.75, 3.05) is 26.8 Å². The van der Waals surface area contributed by atoms with Crippen molar-refractivity contribution in [2.45, 2.75) is 11.8 Å². The Morgan fingerprint density at radius 3 is 2.38 bits per heavy atom. The second-order valence-corrected chi connectivity index (χ2v) is 7.40. The lowest BCUT2D eigenvalue weighted by Crippen LogP contribution is -2.31. The van der Waals surface area contributed by atoms with E-state index in [9.17, 15) is 17.6 Å². The van der Waals surface area contributed by atoms with Crippen LogP contribution in [0.1, 0.15) is 17.3 Å². The molecule has 2 aromatic carbocycles. The van der Waals surface area contributed by atoms with Crippen LogP contribution in [0.25, 0.3) is 0 Å². The number of carbonyl (C=O) groups is 1. The minimum Gasteiger partial charge on any atom is -0.489 e. The highest BCUT2D eigenvalue weighted by Gasteiger charge is 2.21. The molecule has 2 aromatic rings. The van der Waals surface area contributed by atoms with Gasteiger partial charge in [-0.1, -0.05) is 12.1 Å². The zero-order valence-electron chi connectivity index (χ0n) is 14.5. The second kappa shape index (κ2) is 8.77. The number of benzene rings is 2. The van der Waals surface area contributed by atoms with Gasteiger partial charge < -0.3 is 9.47 Å². The lowest BCUT2D eigenvalue weighted by Gasteiger charge is -2.17. The average molecular weight is 381 g/mol. The van der Waals surface area contributed by atoms with Crippen LogP contribution in [0.15, 0.2) is 53.4 Å². The quantitative estimate of drug-likeness (QED) is 0.658. The molecule has 2 rings (SSSR count). The first kappa shape index (κ1) is 19.9. The Morgan fingerprint density at radius 2 is 1.77 bits per heavy atom. The third-order valence-electron chi connectivity index (χ3n) is 3.57. The van der Waals surface area contributed by atoms with Crippen molar-refractivity contribution in [1.82, 2.24) is 4.31 Å². The van der Waals surface area contributed by atoms with Gasteiger partial charge in [0.15, 0.2) is 11.6 Å². The van der Waals surface area contributed by atoms with Crippen LogP contribution in [0.2, 0.25) is 0 Å². The first-order chi connectivity index (χ1) is 12.4. The van der Waals surface area contributed by atoms with Crippen LogP contribution in [0.5, 0.6) is 5.75 Å². The molecule has 0 radical (unpaired) electrons. The molecule has 0 bridgehead atoms. The fraction of sp³-hybridized carbons (Fsp3) is 0.278. The number of hydrogen-bond donors (Lipinski definition) is 0. The van der Waals surface area contributed by atoms with Crippen LogP contribution in [-0.2, 0) is 14.8 Å². The van der Waals surface area contributed by atoms with Gasteiger partial charge >= 0.3 is 5.97 Å². The molecule has 0 amide bonds. The highest BCUT2D eigenvalue weighted by atomic mass is 32.2. The van der Waals surface area contributed by atoms with Crippen molar-refractivity contribution in [3.63, 3.8) is 0 Å². The number of para-hydroxylation sites is 1. The maximum absolute atomic E-state index is 13.5. The summed E-state index contributed by atoms with van der Waals surface area (Å²) in [6.45, 7) is 1.96. The predicted octanol–water partition coefficient (Wildman–Crippen LogP) is 2.70. The normalized spacial score (nSPS) is 11.4. The van der Waals surface area contributed by atoms with E-state index >= 15 is 0 Å². The van der Waals surface area contributed by atoms with Crippen LogP contribution < -0.4 is 4.74 Å². The van der Waals surface area contributed by atoms with Gasteiger partial charge in [-0.25, -0.2) is 17.6 Å². The highest BCUT2D eigenvalue weighted by Crippen LogP contribution is 2.17. The molecule has 0 unspecified atom stereocenters. The summed E-state index contributed by atoms with van der Waals surface area (Å²) in [4.78, 5) is 11.7. The Kier molecular flexibility index (Phi) is 6.70. The Bertz CT molecular complexity index is 852. The van der Waals surface area contributed by atoms with E-state index in [2.05, 4.69) is 0 Å². The molecule has 0 fully saturated rings. The first-order valence-corrected chi connectivity index (χ1v) is 9.41. The third-order valence-corrected chi connectivity index (χ3v) is 5.45. The number of likely N-dealkylation sites (N-methyl/N-ethyl adjacent to an activating group) is 1. The Labute approximate surface area is 152 Å². The summed E-state index contributed by atoms with van der Waals surface area (Å²) in [6.07, 6.45) is 0. The predicted molar refractivity (Wildman–Crippen MR) is 94.1 cm³/mol. The number of nitrogens with zero attached hydrogens (tertiary/aromatic N) is 1. The topological polar surface area (TPSA) is 72.9 Å². The lowest BCUT2D eigenvalue weighted by atomic mass is 10.2. The molecule has 0 spiro atoms. The monoisotopic (exact) mass is 381 g/mol. The van der Waals surface area contributed by atoms with Crippen molar-refractivity contribution < 1.29 is 27.1 Å². The van der Waals surface area contributed by atoms with Crippen molar-refractivity contribution in [3.05, 3.63) is 59.9 Å². The van der Waals surface area contributed by atoms with E-state index in [1.54, 1.807) is 19.1 Å². The van der Waals surface area contributed by atoms with Gasteiger partial charge in [0.05, 0.1) is 17.1 Å². The zero-order valence-corrected chi connectivity index (χ0v) is 15.3. The molecule has 6 nitrogen and oxygen atoms in total. The van der Waals surface area contributed by atoms with Gasteiger partial charge in [-0.2, -0.15) is 4.31 Å². The van der Waals surface area contributed by atoms with E-state index in [0.717, 1.165) is 4.31 Å². The van der Waals surface area contributed by atoms with E-state index in [-0.39, 0.29) is 36.0 Å². The van der Waals surface area contributed by atoms with Gasteiger partial charge in [0, 0.05) is 13.6 Å². The van der Waals surface area contributed by atoms with Crippen LogP contribution in [0.4, 0.5) is 4.39 Å². The molecule has 0 aliphatic rings. The van der Waals surface area contributed by atoms with Crippen molar-refractivity contribution in [1.29, 1.82) is 0 Å². The fourth-order valence-electron chi connectivity index (χ4n) is 2.12. The summed E-state index contributed by atoms with van der Waals surface area (Å²) in [6, 6.07) is 11.4. The average Bonchev–Trinajstić information content (AvgIpc) is 2.63. The number of carbonyl (C=O) groups excluding carboxylic acids is 1. The SMILES string of the molecule is CCOC(=O)c1ccc(S(=O)(=O)N(C)CCOc2ccccc2F)cc1. The summed E-state index contributed by atoms with van der Waals surface area (Å²) >= 11 is 0. The molecule has 0 aliphatic carbocycles. The zero-order chi connectivity index (χ0) is 19.2. The summed E-state index contributed by atoms with van der Waals surface area (Å²) < 4.78 is 49.8. The largest absolute Gasteiger partial charge is 0.489 e. The second-order valence-electron chi connectivity index (χ2n) is 5.35. The third kappa shape index (κ3) is 4.80. The Balaban J connectivity index is 2.00. The molecule has 0 aliphatic heterocycles. The Hall–Kier alpha value is -2.45. The van der Waals surface area contributed by atoms with Gasteiger partial charge in [-0.05, 0) is 43.3 Å². The maximum Gasteiger partial charge on any atom is 0.338 e. The van der Waals surface area contributed by atoms with E-state index in [1.165, 1.54) is 43.4 Å². The smallest absolute Gasteiger partial charge is 0.338 e. The molecule has 0 aromatic heterocycles. The number of esters is 1. The van der Waals surface area contributed by atoms with Gasteiger partial charge in [-0.3, -0.25) is 0 Å². The molecule has 0 saturated heterocycles. The van der Waals surface area contributed by atoms with Crippen molar-refractivity contribution in [3.8, 4) is 5.75 Å². The number of halogens is 1. The standard InChI is InChI=1S/C18H20FNO5S/c1-3-24-18(21)14-8-10-15(11-9-14)26(22,23)20(2)12-13-25-17-7-5-4-6-16(17)19/h4-11H,3,12-13H2,1-2H3. The lowest BCUT2D eigenvalue weighted by molar-refractivity contribution is 0.0526. The molecule has 0 N–H and O–H groups in total. The fourth-order valence-corrected chi connectivity index (χ4v) is 3.28. The molecular formula is C18H20FNO5S. The minimum atomic E-state index is -3.75. The van der Waals surface area contributed by atoms with Gasteiger partial charge in [0.1, 0.15) is 6.61 Å². The first-order valence-electron chi connectivity index (χ1n) is 7.97. The van der Waals surface area contributed by atoms with Gasteiger partial charge in [0.2, 0.25) is 10.0 Å².